The van der Waals surface area contributed by atoms with Crippen molar-refractivity contribution in [3.05, 3.63) is 0 Å². The molecule has 0 aliphatic rings. The zero-order valence-corrected chi connectivity index (χ0v) is 22.3. The zero-order valence-electron chi connectivity index (χ0n) is 22.3. The summed E-state index contributed by atoms with van der Waals surface area (Å²) in [5.74, 6) is -0.191. The molecule has 1 N–H and O–H groups in total. The fraction of sp³-hybridized carbons (Fsp3) is 0.967. The first-order valence-corrected chi connectivity index (χ1v) is 14.9. The van der Waals surface area contributed by atoms with Crippen LogP contribution in [-0.2, 0) is 4.79 Å². The van der Waals surface area contributed by atoms with Gasteiger partial charge >= 0.3 is 5.97 Å². The number of hydrogen-bond acceptors (Lipinski definition) is 1. The van der Waals surface area contributed by atoms with Gasteiger partial charge in [0.25, 0.3) is 0 Å². The minimum Gasteiger partial charge on any atom is -0.481 e. The topological polar surface area (TPSA) is 37.3 Å². The number of carboxylic acid groups (broad SMARTS) is 1. The monoisotopic (exact) mass is 452 g/mol. The summed E-state index contributed by atoms with van der Waals surface area (Å²) in [5.41, 5.74) is 0. The molecule has 0 aliphatic heterocycles. The number of carbonyl (C=O) groups is 1. The standard InChI is InChI=1S/C30H60O2/c1-3-5-7-9-11-12-13-14-15-16-17-18-19-21-23-25-27-29(28-30(31)32)26-24-22-20-10-8-6-4-2/h29H,3-28H2,1-2H3,(H,31,32). The first-order chi connectivity index (χ1) is 15.7. The molecule has 0 heterocycles. The zero-order chi connectivity index (χ0) is 23.5. The van der Waals surface area contributed by atoms with E-state index in [1.165, 1.54) is 148 Å². The molecule has 1 unspecified atom stereocenters. The van der Waals surface area contributed by atoms with E-state index >= 15 is 0 Å². The van der Waals surface area contributed by atoms with Gasteiger partial charge in [0.05, 0.1) is 0 Å². The molecule has 0 aliphatic carbocycles. The molecule has 0 radical (unpaired) electrons. The van der Waals surface area contributed by atoms with Crippen LogP contribution in [0.3, 0.4) is 0 Å². The maximum Gasteiger partial charge on any atom is 0.303 e. The summed E-state index contributed by atoms with van der Waals surface area (Å²) in [4.78, 5) is 11.2. The maximum absolute atomic E-state index is 11.2. The molecule has 0 rings (SSSR count). The van der Waals surface area contributed by atoms with Gasteiger partial charge in [0.2, 0.25) is 0 Å². The van der Waals surface area contributed by atoms with Gasteiger partial charge in [-0.25, -0.2) is 0 Å². The van der Waals surface area contributed by atoms with E-state index in [9.17, 15) is 9.90 Å². The molecule has 192 valence electrons. The van der Waals surface area contributed by atoms with Crippen LogP contribution >= 0.6 is 0 Å². The normalized spacial score (nSPS) is 12.3. The van der Waals surface area contributed by atoms with Crippen LogP contribution in [0.5, 0.6) is 0 Å². The fourth-order valence-electron chi connectivity index (χ4n) is 4.97. The average molecular weight is 453 g/mol. The number of hydrogen-bond donors (Lipinski definition) is 1. The molecule has 0 spiro atoms. The first kappa shape index (κ1) is 31.5. The Balaban J connectivity index is 3.45. The number of rotatable bonds is 27. The van der Waals surface area contributed by atoms with Gasteiger partial charge in [-0.2, -0.15) is 0 Å². The van der Waals surface area contributed by atoms with Crippen molar-refractivity contribution in [1.82, 2.24) is 0 Å². The second-order valence-electron chi connectivity index (χ2n) is 10.5. The van der Waals surface area contributed by atoms with Crippen molar-refractivity contribution < 1.29 is 9.90 Å². The van der Waals surface area contributed by atoms with Crippen LogP contribution in [0.4, 0.5) is 0 Å². The quantitative estimate of drug-likeness (QED) is 0.126. The van der Waals surface area contributed by atoms with E-state index < -0.39 is 5.97 Å². The van der Waals surface area contributed by atoms with Crippen molar-refractivity contribution in [1.29, 1.82) is 0 Å². The van der Waals surface area contributed by atoms with Gasteiger partial charge in [0.15, 0.2) is 0 Å². The SMILES string of the molecule is CCCCCCCCCCCCCCCCCCC(CCCCCCCCC)CC(=O)O. The molecular weight excluding hydrogens is 392 g/mol. The molecule has 0 aromatic rings. The lowest BCUT2D eigenvalue weighted by atomic mass is 9.91. The molecule has 1 atom stereocenters. The molecule has 0 bridgehead atoms. The smallest absolute Gasteiger partial charge is 0.303 e. The van der Waals surface area contributed by atoms with Gasteiger partial charge in [-0.15, -0.1) is 0 Å². The summed E-state index contributed by atoms with van der Waals surface area (Å²) in [6.07, 6.45) is 34.2. The largest absolute Gasteiger partial charge is 0.481 e. The highest BCUT2D eigenvalue weighted by atomic mass is 16.4. The van der Waals surface area contributed by atoms with Crippen LogP contribution < -0.4 is 0 Å². The van der Waals surface area contributed by atoms with Crippen molar-refractivity contribution >= 4 is 5.97 Å². The van der Waals surface area contributed by atoms with Gasteiger partial charge < -0.3 is 5.11 Å². The molecule has 0 aromatic carbocycles. The molecule has 0 saturated carbocycles. The molecule has 0 saturated heterocycles. The number of aliphatic carboxylic acids is 1. The van der Waals surface area contributed by atoms with E-state index in [1.807, 2.05) is 0 Å². The Hall–Kier alpha value is -0.530. The molecule has 0 fully saturated rings. The molecule has 32 heavy (non-hydrogen) atoms. The second kappa shape index (κ2) is 26.7. The van der Waals surface area contributed by atoms with Crippen LogP contribution in [0, 0.1) is 5.92 Å². The van der Waals surface area contributed by atoms with Crippen LogP contribution in [0.15, 0.2) is 0 Å². The van der Waals surface area contributed by atoms with Gasteiger partial charge in [0.1, 0.15) is 0 Å². The van der Waals surface area contributed by atoms with Crippen molar-refractivity contribution in [2.45, 2.75) is 181 Å². The minimum absolute atomic E-state index is 0.384. The Bertz CT molecular complexity index is 366. The number of carboxylic acids is 1. The summed E-state index contributed by atoms with van der Waals surface area (Å²) in [5, 5.41) is 9.22. The Labute approximate surface area is 202 Å². The van der Waals surface area contributed by atoms with Gasteiger partial charge in [-0.1, -0.05) is 162 Å². The Morgan fingerprint density at radius 1 is 0.469 bits per heavy atom. The predicted molar refractivity (Wildman–Crippen MR) is 143 cm³/mol. The minimum atomic E-state index is -0.602. The van der Waals surface area contributed by atoms with E-state index in [0.717, 1.165) is 12.8 Å². The molecule has 2 heteroatoms. The van der Waals surface area contributed by atoms with Crippen molar-refractivity contribution in [2.24, 2.45) is 5.92 Å². The fourth-order valence-corrected chi connectivity index (χ4v) is 4.97. The van der Waals surface area contributed by atoms with Crippen molar-refractivity contribution in [3.63, 3.8) is 0 Å². The second-order valence-corrected chi connectivity index (χ2v) is 10.5. The first-order valence-electron chi connectivity index (χ1n) is 14.9. The predicted octanol–water partition coefficient (Wildman–Crippen LogP) is 10.9. The lowest BCUT2D eigenvalue weighted by molar-refractivity contribution is -0.138. The average Bonchev–Trinajstić information content (AvgIpc) is 2.77. The Kier molecular flexibility index (Phi) is 26.3. The third kappa shape index (κ3) is 25.7. The summed E-state index contributed by atoms with van der Waals surface area (Å²) < 4.78 is 0. The molecular formula is C30H60O2. The lowest BCUT2D eigenvalue weighted by Crippen LogP contribution is -2.08. The van der Waals surface area contributed by atoms with E-state index in [4.69, 9.17) is 0 Å². The highest BCUT2D eigenvalue weighted by molar-refractivity contribution is 5.66. The Morgan fingerprint density at radius 3 is 0.969 bits per heavy atom. The highest BCUT2D eigenvalue weighted by Crippen LogP contribution is 2.22. The highest BCUT2D eigenvalue weighted by Gasteiger charge is 2.12. The molecule has 2 nitrogen and oxygen atoms in total. The summed E-state index contributed by atoms with van der Waals surface area (Å²) >= 11 is 0. The van der Waals surface area contributed by atoms with E-state index in [-0.39, 0.29) is 0 Å². The molecule has 0 aromatic heterocycles. The van der Waals surface area contributed by atoms with Gasteiger partial charge in [-0.05, 0) is 18.8 Å². The lowest BCUT2D eigenvalue weighted by Gasteiger charge is -2.14. The third-order valence-corrected chi connectivity index (χ3v) is 7.15. The van der Waals surface area contributed by atoms with Crippen LogP contribution in [0.2, 0.25) is 0 Å². The maximum atomic E-state index is 11.2. The van der Waals surface area contributed by atoms with Crippen LogP contribution in [0.25, 0.3) is 0 Å². The van der Waals surface area contributed by atoms with E-state index in [0.29, 0.717) is 12.3 Å². The van der Waals surface area contributed by atoms with Crippen LogP contribution in [0.1, 0.15) is 181 Å². The number of unbranched alkanes of at least 4 members (excludes halogenated alkanes) is 21. The van der Waals surface area contributed by atoms with Crippen LogP contribution in [-0.4, -0.2) is 11.1 Å². The van der Waals surface area contributed by atoms with Gasteiger partial charge in [-0.3, -0.25) is 4.79 Å². The Morgan fingerprint density at radius 2 is 0.719 bits per heavy atom. The van der Waals surface area contributed by atoms with E-state index in [2.05, 4.69) is 13.8 Å². The molecule has 0 amide bonds. The summed E-state index contributed by atoms with van der Waals surface area (Å²) in [7, 11) is 0. The summed E-state index contributed by atoms with van der Waals surface area (Å²) in [6, 6.07) is 0. The van der Waals surface area contributed by atoms with Crippen molar-refractivity contribution in [3.8, 4) is 0 Å². The van der Waals surface area contributed by atoms with E-state index in [1.54, 1.807) is 0 Å². The van der Waals surface area contributed by atoms with Crippen molar-refractivity contribution in [2.75, 3.05) is 0 Å². The van der Waals surface area contributed by atoms with Gasteiger partial charge in [0, 0.05) is 6.42 Å². The summed E-state index contributed by atoms with van der Waals surface area (Å²) in [6.45, 7) is 4.55. The third-order valence-electron chi connectivity index (χ3n) is 7.15.